The molecule has 0 fully saturated rings. The topological polar surface area (TPSA) is 81.7 Å². The smallest absolute Gasteiger partial charge is 0.408 e. The molecule has 6 nitrogen and oxygen atoms in total. The molecule has 0 saturated heterocycles. The van der Waals surface area contributed by atoms with Crippen LogP contribution in [-0.2, 0) is 25.7 Å². The molecule has 0 aliphatic heterocycles. The molecule has 0 aliphatic carbocycles. The molecule has 0 aromatic heterocycles. The van der Waals surface area contributed by atoms with Crippen LogP contribution in [0.2, 0.25) is 0 Å². The molecular formula is C17H23NO5. The normalized spacial score (nSPS) is 12.8. The van der Waals surface area contributed by atoms with Gasteiger partial charge < -0.3 is 14.8 Å². The monoisotopic (exact) mass is 321 g/mol. The molecule has 0 unspecified atom stereocenters. The number of esters is 1. The number of hydrogen-bond donors (Lipinski definition) is 1. The van der Waals surface area contributed by atoms with E-state index in [1.165, 1.54) is 7.11 Å². The molecule has 0 spiro atoms. The summed E-state index contributed by atoms with van der Waals surface area (Å²) in [7, 11) is 1.22. The maximum atomic E-state index is 12.2. The fourth-order valence-corrected chi connectivity index (χ4v) is 1.99. The standard InChI is InChI=1S/C17H23NO5/c1-4-12(2)16(14(19)10-15(20)22-3)18-17(21)23-11-13-8-6-5-7-9-13/h5-9,12,16H,4,10-11H2,1-3H3,(H,18,21)/t12-,16+/m1/s1. The molecule has 0 heterocycles. The van der Waals surface area contributed by atoms with Crippen molar-refractivity contribution >= 4 is 17.8 Å². The van der Waals surface area contributed by atoms with E-state index in [1.54, 1.807) is 0 Å². The van der Waals surface area contributed by atoms with E-state index in [0.717, 1.165) is 5.56 Å². The summed E-state index contributed by atoms with van der Waals surface area (Å²) in [5, 5.41) is 2.55. The van der Waals surface area contributed by atoms with Crippen molar-refractivity contribution < 1.29 is 23.9 Å². The first kappa shape index (κ1) is 18.7. The lowest BCUT2D eigenvalue weighted by molar-refractivity contribution is -0.144. The van der Waals surface area contributed by atoms with Gasteiger partial charge in [0.2, 0.25) is 0 Å². The van der Waals surface area contributed by atoms with Crippen LogP contribution in [0.3, 0.4) is 0 Å². The molecular weight excluding hydrogens is 298 g/mol. The van der Waals surface area contributed by atoms with Crippen LogP contribution in [0.15, 0.2) is 30.3 Å². The summed E-state index contributed by atoms with van der Waals surface area (Å²) in [5.74, 6) is -1.12. The SMILES string of the molecule is CC[C@@H](C)[C@H](NC(=O)OCc1ccccc1)C(=O)CC(=O)OC. The molecule has 23 heavy (non-hydrogen) atoms. The van der Waals surface area contributed by atoms with Crippen molar-refractivity contribution in [2.45, 2.75) is 39.3 Å². The number of amides is 1. The highest BCUT2D eigenvalue weighted by Gasteiger charge is 2.28. The quantitative estimate of drug-likeness (QED) is 0.587. The van der Waals surface area contributed by atoms with Gasteiger partial charge in [0.05, 0.1) is 13.2 Å². The fraction of sp³-hybridized carbons (Fsp3) is 0.471. The highest BCUT2D eigenvalue weighted by atomic mass is 16.5. The Morgan fingerprint density at radius 2 is 1.83 bits per heavy atom. The lowest BCUT2D eigenvalue weighted by Gasteiger charge is -2.22. The van der Waals surface area contributed by atoms with Crippen molar-refractivity contribution in [1.29, 1.82) is 0 Å². The van der Waals surface area contributed by atoms with E-state index in [1.807, 2.05) is 44.2 Å². The Hall–Kier alpha value is -2.37. The van der Waals surface area contributed by atoms with Crippen LogP contribution < -0.4 is 5.32 Å². The van der Waals surface area contributed by atoms with Gasteiger partial charge in [0.1, 0.15) is 13.0 Å². The summed E-state index contributed by atoms with van der Waals surface area (Å²) in [6, 6.07) is 8.46. The van der Waals surface area contributed by atoms with Gasteiger partial charge in [-0.25, -0.2) is 4.79 Å². The van der Waals surface area contributed by atoms with Crippen LogP contribution in [0.25, 0.3) is 0 Å². The Morgan fingerprint density at radius 3 is 2.39 bits per heavy atom. The first-order valence-corrected chi connectivity index (χ1v) is 7.54. The van der Waals surface area contributed by atoms with Crippen molar-refractivity contribution in [1.82, 2.24) is 5.32 Å². The number of carbonyl (C=O) groups is 3. The average Bonchev–Trinajstić information content (AvgIpc) is 2.57. The molecule has 0 aliphatic rings. The molecule has 0 saturated carbocycles. The Bertz CT molecular complexity index is 529. The largest absolute Gasteiger partial charge is 0.469 e. The Kier molecular flexibility index (Phi) is 7.80. The van der Waals surface area contributed by atoms with E-state index >= 15 is 0 Å². The number of ether oxygens (including phenoxy) is 2. The minimum Gasteiger partial charge on any atom is -0.469 e. The van der Waals surface area contributed by atoms with Crippen LogP contribution in [0.4, 0.5) is 4.79 Å². The van der Waals surface area contributed by atoms with E-state index in [4.69, 9.17) is 4.74 Å². The summed E-state index contributed by atoms with van der Waals surface area (Å²) < 4.78 is 9.61. The summed E-state index contributed by atoms with van der Waals surface area (Å²) in [5.41, 5.74) is 0.851. The number of rotatable bonds is 8. The van der Waals surface area contributed by atoms with Gasteiger partial charge in [-0.2, -0.15) is 0 Å². The molecule has 126 valence electrons. The van der Waals surface area contributed by atoms with Gasteiger partial charge in [-0.1, -0.05) is 50.6 Å². The minimum atomic E-state index is -0.776. The molecule has 1 rings (SSSR count). The zero-order valence-corrected chi connectivity index (χ0v) is 13.7. The number of hydrogen-bond acceptors (Lipinski definition) is 5. The number of benzene rings is 1. The van der Waals surface area contributed by atoms with Gasteiger partial charge in [-0.15, -0.1) is 0 Å². The Morgan fingerprint density at radius 1 is 1.17 bits per heavy atom. The van der Waals surface area contributed by atoms with Crippen LogP contribution in [0, 0.1) is 5.92 Å². The second-order valence-electron chi connectivity index (χ2n) is 5.29. The number of ketones is 1. The van der Waals surface area contributed by atoms with Crippen molar-refractivity contribution in [2.24, 2.45) is 5.92 Å². The van der Waals surface area contributed by atoms with Gasteiger partial charge in [0.15, 0.2) is 5.78 Å². The molecule has 0 radical (unpaired) electrons. The maximum Gasteiger partial charge on any atom is 0.408 e. The molecule has 1 aromatic carbocycles. The van der Waals surface area contributed by atoms with E-state index < -0.39 is 18.1 Å². The average molecular weight is 321 g/mol. The molecule has 1 aromatic rings. The van der Waals surface area contributed by atoms with Crippen LogP contribution in [0.1, 0.15) is 32.3 Å². The molecule has 6 heteroatoms. The first-order chi connectivity index (χ1) is 11.0. The summed E-state index contributed by atoms with van der Waals surface area (Å²) >= 11 is 0. The maximum absolute atomic E-state index is 12.2. The summed E-state index contributed by atoms with van der Waals surface area (Å²) in [6.45, 7) is 3.85. The molecule has 1 amide bonds. The zero-order valence-electron chi connectivity index (χ0n) is 13.7. The lowest BCUT2D eigenvalue weighted by Crippen LogP contribution is -2.45. The predicted octanol–water partition coefficient (Wildman–Crippen LogP) is 2.46. The third kappa shape index (κ3) is 6.50. The predicted molar refractivity (Wildman–Crippen MR) is 84.6 cm³/mol. The van der Waals surface area contributed by atoms with Gasteiger partial charge in [-0.05, 0) is 11.5 Å². The van der Waals surface area contributed by atoms with Crippen molar-refractivity contribution in [3.05, 3.63) is 35.9 Å². The third-order valence-electron chi connectivity index (χ3n) is 3.59. The second kappa shape index (κ2) is 9.61. The highest BCUT2D eigenvalue weighted by molar-refractivity contribution is 5.99. The van der Waals surface area contributed by atoms with Crippen LogP contribution in [0.5, 0.6) is 0 Å². The van der Waals surface area contributed by atoms with E-state index in [0.29, 0.717) is 6.42 Å². The van der Waals surface area contributed by atoms with Gasteiger partial charge in [0, 0.05) is 0 Å². The van der Waals surface area contributed by atoms with E-state index in [2.05, 4.69) is 10.1 Å². The van der Waals surface area contributed by atoms with Crippen molar-refractivity contribution in [2.75, 3.05) is 7.11 Å². The van der Waals surface area contributed by atoms with Crippen molar-refractivity contribution in [3.8, 4) is 0 Å². The Labute approximate surface area is 136 Å². The van der Waals surface area contributed by atoms with Gasteiger partial charge in [-0.3, -0.25) is 9.59 Å². The van der Waals surface area contributed by atoms with E-state index in [-0.39, 0.29) is 24.7 Å². The molecule has 0 bridgehead atoms. The lowest BCUT2D eigenvalue weighted by atomic mass is 9.94. The summed E-state index contributed by atoms with van der Waals surface area (Å²) in [6.07, 6.45) is -0.376. The fourth-order valence-electron chi connectivity index (χ4n) is 1.99. The molecule has 1 N–H and O–H groups in total. The van der Waals surface area contributed by atoms with Crippen molar-refractivity contribution in [3.63, 3.8) is 0 Å². The molecule has 2 atom stereocenters. The van der Waals surface area contributed by atoms with Crippen LogP contribution >= 0.6 is 0 Å². The zero-order chi connectivity index (χ0) is 17.2. The number of Topliss-reactive ketones (excluding diaryl/α,β-unsaturated/α-hetero) is 1. The highest BCUT2D eigenvalue weighted by Crippen LogP contribution is 2.11. The van der Waals surface area contributed by atoms with Gasteiger partial charge in [0.25, 0.3) is 0 Å². The Balaban J connectivity index is 2.60. The third-order valence-corrected chi connectivity index (χ3v) is 3.59. The number of alkyl carbamates (subject to hydrolysis) is 1. The number of methoxy groups -OCH3 is 1. The van der Waals surface area contributed by atoms with E-state index in [9.17, 15) is 14.4 Å². The second-order valence-corrected chi connectivity index (χ2v) is 5.29. The summed E-state index contributed by atoms with van der Waals surface area (Å²) in [4.78, 5) is 35.3. The number of carbonyl (C=O) groups excluding carboxylic acids is 3. The van der Waals surface area contributed by atoms with Crippen LogP contribution in [-0.4, -0.2) is 31.0 Å². The van der Waals surface area contributed by atoms with Gasteiger partial charge >= 0.3 is 12.1 Å². The number of nitrogens with one attached hydrogen (secondary N) is 1. The first-order valence-electron chi connectivity index (χ1n) is 7.54. The minimum absolute atomic E-state index is 0.114.